The van der Waals surface area contributed by atoms with Crippen LogP contribution < -0.4 is 5.32 Å². The van der Waals surface area contributed by atoms with Crippen LogP contribution in [0.25, 0.3) is 0 Å². The Morgan fingerprint density at radius 1 is 1.29 bits per heavy atom. The summed E-state index contributed by atoms with van der Waals surface area (Å²) in [7, 11) is 0. The number of benzene rings is 1. The second-order valence-electron chi connectivity index (χ2n) is 3.87. The van der Waals surface area contributed by atoms with Gasteiger partial charge in [-0.2, -0.15) is 0 Å². The average Bonchev–Trinajstić information content (AvgIpc) is 2.54. The van der Waals surface area contributed by atoms with E-state index in [0.29, 0.717) is 31.6 Å². The molecule has 2 rings (SSSR count). The summed E-state index contributed by atoms with van der Waals surface area (Å²) in [5.41, 5.74) is 0.711. The van der Waals surface area contributed by atoms with Gasteiger partial charge in [0.05, 0.1) is 5.56 Å². The minimum Gasteiger partial charge on any atom is -0.354 e. The van der Waals surface area contributed by atoms with E-state index in [9.17, 15) is 9.59 Å². The van der Waals surface area contributed by atoms with Crippen molar-refractivity contribution in [2.45, 2.75) is 6.42 Å². The van der Waals surface area contributed by atoms with Crippen molar-refractivity contribution < 1.29 is 9.59 Å². The Morgan fingerprint density at radius 3 is 2.82 bits per heavy atom. The van der Waals surface area contributed by atoms with Crippen LogP contribution in [0, 0.1) is 3.57 Å². The summed E-state index contributed by atoms with van der Waals surface area (Å²) in [6.45, 7) is 1.61. The Morgan fingerprint density at radius 2 is 2.06 bits per heavy atom. The van der Waals surface area contributed by atoms with Crippen LogP contribution in [0.1, 0.15) is 16.8 Å². The van der Waals surface area contributed by atoms with Gasteiger partial charge in [-0.1, -0.05) is 12.1 Å². The molecule has 1 saturated heterocycles. The lowest BCUT2D eigenvalue weighted by Crippen LogP contribution is -2.34. The molecule has 90 valence electrons. The Bertz CT molecular complexity index is 448. The Labute approximate surface area is 114 Å². The van der Waals surface area contributed by atoms with Crippen molar-refractivity contribution in [1.29, 1.82) is 0 Å². The lowest BCUT2D eigenvalue weighted by Gasteiger charge is -2.20. The van der Waals surface area contributed by atoms with E-state index in [2.05, 4.69) is 27.9 Å². The third kappa shape index (κ3) is 2.96. The fourth-order valence-electron chi connectivity index (χ4n) is 1.78. The second-order valence-corrected chi connectivity index (χ2v) is 5.03. The van der Waals surface area contributed by atoms with E-state index in [4.69, 9.17) is 0 Å². The van der Waals surface area contributed by atoms with Crippen molar-refractivity contribution >= 4 is 34.4 Å². The monoisotopic (exact) mass is 344 g/mol. The van der Waals surface area contributed by atoms with Crippen LogP contribution in [-0.4, -0.2) is 36.3 Å². The molecule has 0 aliphatic carbocycles. The minimum atomic E-state index is 0.00602. The Kier molecular flexibility index (Phi) is 3.98. The van der Waals surface area contributed by atoms with Crippen LogP contribution in [0.4, 0.5) is 0 Å². The number of halogens is 1. The largest absolute Gasteiger partial charge is 0.354 e. The lowest BCUT2D eigenvalue weighted by atomic mass is 10.2. The number of hydrogen-bond acceptors (Lipinski definition) is 2. The van der Waals surface area contributed by atoms with Crippen LogP contribution in [0.3, 0.4) is 0 Å². The average molecular weight is 344 g/mol. The third-order valence-corrected chi connectivity index (χ3v) is 3.64. The Balaban J connectivity index is 2.14. The molecule has 1 aromatic rings. The van der Waals surface area contributed by atoms with Crippen molar-refractivity contribution in [1.82, 2.24) is 10.2 Å². The van der Waals surface area contributed by atoms with Gasteiger partial charge in [-0.25, -0.2) is 0 Å². The van der Waals surface area contributed by atoms with E-state index >= 15 is 0 Å². The molecule has 1 aliphatic heterocycles. The van der Waals surface area contributed by atoms with Crippen LogP contribution in [0.15, 0.2) is 24.3 Å². The summed E-state index contributed by atoms with van der Waals surface area (Å²) in [6.07, 6.45) is 0.384. The molecule has 0 bridgehead atoms. The molecule has 1 aromatic carbocycles. The summed E-state index contributed by atoms with van der Waals surface area (Å²) in [5, 5.41) is 2.76. The fraction of sp³-hybridized carbons (Fsp3) is 0.333. The summed E-state index contributed by atoms with van der Waals surface area (Å²) in [6, 6.07) is 7.50. The normalized spacial score (nSPS) is 16.3. The molecule has 0 atom stereocenters. The molecule has 1 fully saturated rings. The Hall–Kier alpha value is -1.11. The molecular formula is C12H13IN2O2. The summed E-state index contributed by atoms with van der Waals surface area (Å²) in [5.74, 6) is 0.0227. The third-order valence-electron chi connectivity index (χ3n) is 2.70. The molecule has 1 heterocycles. The van der Waals surface area contributed by atoms with Gasteiger partial charge in [0.2, 0.25) is 5.91 Å². The van der Waals surface area contributed by atoms with Crippen LogP contribution in [-0.2, 0) is 4.79 Å². The van der Waals surface area contributed by atoms with Crippen LogP contribution in [0.5, 0.6) is 0 Å². The van der Waals surface area contributed by atoms with Gasteiger partial charge in [-0.05, 0) is 34.7 Å². The molecule has 0 radical (unpaired) electrons. The molecule has 2 amide bonds. The van der Waals surface area contributed by atoms with E-state index in [1.54, 1.807) is 4.90 Å². The first-order valence-corrected chi connectivity index (χ1v) is 6.57. The zero-order valence-corrected chi connectivity index (χ0v) is 11.4. The molecule has 0 aromatic heterocycles. The summed E-state index contributed by atoms with van der Waals surface area (Å²) in [4.78, 5) is 25.2. The summed E-state index contributed by atoms with van der Waals surface area (Å²) < 4.78 is 0.943. The molecule has 0 spiro atoms. The molecule has 1 N–H and O–H groups in total. The van der Waals surface area contributed by atoms with Gasteiger partial charge in [-0.3, -0.25) is 9.59 Å². The number of carbonyl (C=O) groups excluding carboxylic acids is 2. The molecule has 0 saturated carbocycles. The summed E-state index contributed by atoms with van der Waals surface area (Å²) >= 11 is 2.16. The number of nitrogens with one attached hydrogen (secondary N) is 1. The topological polar surface area (TPSA) is 49.4 Å². The highest BCUT2D eigenvalue weighted by atomic mass is 127. The second kappa shape index (κ2) is 5.48. The van der Waals surface area contributed by atoms with E-state index in [1.807, 2.05) is 24.3 Å². The molecule has 17 heavy (non-hydrogen) atoms. The number of carbonyl (C=O) groups is 2. The minimum absolute atomic E-state index is 0.00602. The smallest absolute Gasteiger partial charge is 0.255 e. The van der Waals surface area contributed by atoms with Gasteiger partial charge >= 0.3 is 0 Å². The van der Waals surface area contributed by atoms with Gasteiger partial charge < -0.3 is 10.2 Å². The standard InChI is InChI=1S/C12H13IN2O2/c13-10-4-2-1-3-9(10)12(17)15-7-5-11(16)14-6-8-15/h1-4H,5-8H2,(H,14,16). The van der Waals surface area contributed by atoms with Gasteiger partial charge in [0, 0.05) is 29.6 Å². The quantitative estimate of drug-likeness (QED) is 0.780. The van der Waals surface area contributed by atoms with Gasteiger partial charge in [0.1, 0.15) is 0 Å². The molecule has 1 aliphatic rings. The van der Waals surface area contributed by atoms with Crippen molar-refractivity contribution in [2.75, 3.05) is 19.6 Å². The van der Waals surface area contributed by atoms with Crippen LogP contribution >= 0.6 is 22.6 Å². The maximum atomic E-state index is 12.3. The molecular weight excluding hydrogens is 331 g/mol. The number of rotatable bonds is 1. The molecule has 4 nitrogen and oxygen atoms in total. The number of hydrogen-bond donors (Lipinski definition) is 1. The first kappa shape index (κ1) is 12.3. The van der Waals surface area contributed by atoms with Gasteiger partial charge in [-0.15, -0.1) is 0 Å². The SMILES string of the molecule is O=C1CCN(C(=O)c2ccccc2I)CCN1. The zero-order valence-electron chi connectivity index (χ0n) is 9.28. The van der Waals surface area contributed by atoms with Crippen molar-refractivity contribution in [3.8, 4) is 0 Å². The number of nitrogens with zero attached hydrogens (tertiary/aromatic N) is 1. The van der Waals surface area contributed by atoms with E-state index < -0.39 is 0 Å². The van der Waals surface area contributed by atoms with Crippen molar-refractivity contribution in [3.05, 3.63) is 33.4 Å². The van der Waals surface area contributed by atoms with E-state index in [1.165, 1.54) is 0 Å². The maximum Gasteiger partial charge on any atom is 0.255 e. The molecule has 0 unspecified atom stereocenters. The van der Waals surface area contributed by atoms with Crippen molar-refractivity contribution in [2.24, 2.45) is 0 Å². The van der Waals surface area contributed by atoms with Crippen molar-refractivity contribution in [3.63, 3.8) is 0 Å². The zero-order chi connectivity index (χ0) is 12.3. The highest BCUT2D eigenvalue weighted by Crippen LogP contribution is 2.14. The predicted octanol–water partition coefficient (Wildman–Crippen LogP) is 1.25. The maximum absolute atomic E-state index is 12.3. The molecule has 5 heteroatoms. The highest BCUT2D eigenvalue weighted by Gasteiger charge is 2.20. The fourth-order valence-corrected chi connectivity index (χ4v) is 2.39. The van der Waals surface area contributed by atoms with E-state index in [-0.39, 0.29) is 11.8 Å². The van der Waals surface area contributed by atoms with Crippen LogP contribution in [0.2, 0.25) is 0 Å². The number of amides is 2. The highest BCUT2D eigenvalue weighted by molar-refractivity contribution is 14.1. The van der Waals surface area contributed by atoms with Gasteiger partial charge in [0.25, 0.3) is 5.91 Å². The van der Waals surface area contributed by atoms with E-state index in [0.717, 1.165) is 3.57 Å². The lowest BCUT2D eigenvalue weighted by molar-refractivity contribution is -0.120. The van der Waals surface area contributed by atoms with Gasteiger partial charge in [0.15, 0.2) is 0 Å². The first-order valence-electron chi connectivity index (χ1n) is 5.49. The first-order chi connectivity index (χ1) is 8.18. The predicted molar refractivity (Wildman–Crippen MR) is 72.7 cm³/mol.